The summed E-state index contributed by atoms with van der Waals surface area (Å²) in [5.41, 5.74) is 0. The molecular formula is C24H45N6O4P. The van der Waals surface area contributed by atoms with Crippen molar-refractivity contribution in [3.05, 3.63) is 54.7 Å². The highest BCUT2D eigenvalue weighted by Crippen LogP contribution is 2.03. The van der Waals surface area contributed by atoms with Gasteiger partial charge in [0.2, 0.25) is 0 Å². The summed E-state index contributed by atoms with van der Waals surface area (Å²) in [5, 5.41) is 0. The highest BCUT2D eigenvalue weighted by atomic mass is 31.2. The number of nitrogens with one attached hydrogen (secondary N) is 3. The van der Waals surface area contributed by atoms with Gasteiger partial charge in [-0.1, -0.05) is 40.0 Å². The average Bonchev–Trinajstić information content (AvgIpc) is 3.51. The molecule has 0 amide bonds. The van der Waals surface area contributed by atoms with Crippen LogP contribution in [0.3, 0.4) is 0 Å². The number of nitrogens with zero attached hydrogens (tertiary/aromatic N) is 3. The van der Waals surface area contributed by atoms with Gasteiger partial charge in [0.25, 0.3) is 17.5 Å². The van der Waals surface area contributed by atoms with Crippen LogP contribution in [0.5, 0.6) is 0 Å². The molecule has 0 radical (unpaired) electrons. The molecule has 0 aliphatic rings. The molecule has 3 rings (SSSR count). The second kappa shape index (κ2) is 19.0. The number of hydrogen-bond acceptors (Lipinski definition) is 4. The normalized spacial score (nSPS) is 10.4. The molecule has 0 aliphatic heterocycles. The maximum Gasteiger partial charge on any atom is 0.253 e. The Bertz CT molecular complexity index is 834. The SMILES string of the molecule is CCCCc1[nH]cc[n+]1C.CCCCc1[nH]cc[n+]1C.CCCCc1[nH]cc[n+]1C.O=P([O-])([O-])[O-]. The number of hydrogen-bond donors (Lipinski definition) is 3. The van der Waals surface area contributed by atoms with Crippen LogP contribution >= 0.6 is 7.82 Å². The van der Waals surface area contributed by atoms with E-state index in [0.29, 0.717) is 0 Å². The van der Waals surface area contributed by atoms with E-state index in [-0.39, 0.29) is 0 Å². The number of aryl methyl sites for hydroxylation is 6. The number of aromatic nitrogens is 6. The molecule has 0 fully saturated rings. The molecule has 200 valence electrons. The Hall–Kier alpha value is -2.26. The third kappa shape index (κ3) is 17.8. The Morgan fingerprint density at radius 2 is 0.857 bits per heavy atom. The topological polar surface area (TPSA) is 145 Å². The lowest BCUT2D eigenvalue weighted by molar-refractivity contribution is -0.678. The summed E-state index contributed by atoms with van der Waals surface area (Å²) in [6.07, 6.45) is 23.2. The summed E-state index contributed by atoms with van der Waals surface area (Å²) < 4.78 is 15.0. The van der Waals surface area contributed by atoms with Crippen LogP contribution in [0.1, 0.15) is 76.8 Å². The molecule has 0 saturated heterocycles. The van der Waals surface area contributed by atoms with Crippen molar-refractivity contribution in [1.29, 1.82) is 0 Å². The molecule has 0 atom stereocenters. The third-order valence-corrected chi connectivity index (χ3v) is 5.22. The van der Waals surface area contributed by atoms with Crippen molar-refractivity contribution in [2.45, 2.75) is 78.6 Å². The largest absolute Gasteiger partial charge is 0.822 e. The van der Waals surface area contributed by atoms with Gasteiger partial charge in [-0.25, -0.2) is 28.7 Å². The van der Waals surface area contributed by atoms with Crippen molar-refractivity contribution < 1.29 is 32.9 Å². The zero-order valence-electron chi connectivity index (χ0n) is 22.2. The smallest absolute Gasteiger partial charge is 0.253 e. The first-order valence-electron chi connectivity index (χ1n) is 12.3. The van der Waals surface area contributed by atoms with Crippen molar-refractivity contribution in [2.24, 2.45) is 21.1 Å². The van der Waals surface area contributed by atoms with Gasteiger partial charge in [-0.2, -0.15) is 7.82 Å². The van der Waals surface area contributed by atoms with Crippen molar-refractivity contribution in [1.82, 2.24) is 15.0 Å². The molecule has 0 spiro atoms. The van der Waals surface area contributed by atoms with Crippen LogP contribution in [-0.2, 0) is 45.0 Å². The molecule has 35 heavy (non-hydrogen) atoms. The van der Waals surface area contributed by atoms with Gasteiger partial charge in [0.15, 0.2) is 0 Å². The molecule has 0 unspecified atom stereocenters. The zero-order valence-corrected chi connectivity index (χ0v) is 23.1. The molecule has 0 saturated carbocycles. The van der Waals surface area contributed by atoms with Gasteiger partial charge in [-0.15, -0.1) is 0 Å². The predicted molar refractivity (Wildman–Crippen MR) is 129 cm³/mol. The maximum atomic E-state index is 8.55. The van der Waals surface area contributed by atoms with Crippen molar-refractivity contribution in [2.75, 3.05) is 0 Å². The average molecular weight is 513 g/mol. The summed E-state index contributed by atoms with van der Waals surface area (Å²) in [6.45, 7) is 6.63. The van der Waals surface area contributed by atoms with Crippen LogP contribution in [0.15, 0.2) is 37.2 Å². The molecule has 10 nitrogen and oxygen atoms in total. The van der Waals surface area contributed by atoms with E-state index in [1.54, 1.807) is 0 Å². The minimum atomic E-state index is -5.39. The highest BCUT2D eigenvalue weighted by molar-refractivity contribution is 7.40. The lowest BCUT2D eigenvalue weighted by Gasteiger charge is -2.36. The molecule has 3 aromatic rings. The molecular weight excluding hydrogens is 467 g/mol. The van der Waals surface area contributed by atoms with E-state index in [2.05, 4.69) is 70.6 Å². The summed E-state index contributed by atoms with van der Waals surface area (Å²) in [5.74, 6) is 3.96. The zero-order chi connectivity index (χ0) is 26.7. The van der Waals surface area contributed by atoms with Gasteiger partial charge in [0.05, 0.1) is 21.1 Å². The minimum absolute atomic E-state index is 1.17. The van der Waals surface area contributed by atoms with Crippen molar-refractivity contribution >= 4 is 7.82 Å². The van der Waals surface area contributed by atoms with Gasteiger partial charge >= 0.3 is 0 Å². The molecule has 0 bridgehead atoms. The lowest BCUT2D eigenvalue weighted by Crippen LogP contribution is -2.30. The standard InChI is InChI=1S/3C8H14N2.H3O4P/c3*1-3-4-5-8-9-6-7-10(8)2;1-5(2,3)4/h3*6-7H,3-5H2,1-2H3;(H3,1,2,3,4). The number of rotatable bonds is 9. The van der Waals surface area contributed by atoms with E-state index < -0.39 is 7.82 Å². The quantitative estimate of drug-likeness (QED) is 0.286. The van der Waals surface area contributed by atoms with Gasteiger partial charge in [0, 0.05) is 19.3 Å². The summed E-state index contributed by atoms with van der Waals surface area (Å²) in [6, 6.07) is 0. The Balaban J connectivity index is 0.000000453. The summed E-state index contributed by atoms with van der Waals surface area (Å²) >= 11 is 0. The number of phosphoric acid groups is 1. The Kier molecular flexibility index (Phi) is 17.8. The Labute approximate surface area is 210 Å². The maximum absolute atomic E-state index is 8.55. The Morgan fingerprint density at radius 3 is 1.00 bits per heavy atom. The first kappa shape index (κ1) is 32.7. The molecule has 3 aromatic heterocycles. The van der Waals surface area contributed by atoms with Crippen molar-refractivity contribution in [3.8, 4) is 0 Å². The van der Waals surface area contributed by atoms with Crippen LogP contribution in [0.4, 0.5) is 0 Å². The number of unbranched alkanes of at least 4 members (excludes halogenated alkanes) is 3. The van der Waals surface area contributed by atoms with Crippen molar-refractivity contribution in [3.63, 3.8) is 0 Å². The van der Waals surface area contributed by atoms with E-state index in [4.69, 9.17) is 19.2 Å². The fourth-order valence-electron chi connectivity index (χ4n) is 3.09. The van der Waals surface area contributed by atoms with Crippen LogP contribution < -0.4 is 28.4 Å². The van der Waals surface area contributed by atoms with Crippen LogP contribution in [0.25, 0.3) is 0 Å². The Morgan fingerprint density at radius 1 is 0.629 bits per heavy atom. The minimum Gasteiger partial charge on any atom is -0.822 e. The van der Waals surface area contributed by atoms with E-state index >= 15 is 0 Å². The van der Waals surface area contributed by atoms with E-state index in [1.807, 2.05) is 37.2 Å². The second-order valence-electron chi connectivity index (χ2n) is 8.31. The molecule has 11 heteroatoms. The fourth-order valence-corrected chi connectivity index (χ4v) is 3.09. The second-order valence-corrected chi connectivity index (χ2v) is 9.21. The van der Waals surface area contributed by atoms with Gasteiger partial charge in [-0.3, -0.25) is 0 Å². The van der Waals surface area contributed by atoms with Crippen LogP contribution in [-0.4, -0.2) is 15.0 Å². The van der Waals surface area contributed by atoms with Gasteiger partial charge in [-0.05, 0) is 19.3 Å². The number of imidazole rings is 3. The first-order valence-corrected chi connectivity index (χ1v) is 13.8. The van der Waals surface area contributed by atoms with Crippen LogP contribution in [0.2, 0.25) is 0 Å². The van der Waals surface area contributed by atoms with Gasteiger partial charge < -0.3 is 19.2 Å². The fraction of sp³-hybridized carbons (Fsp3) is 0.625. The van der Waals surface area contributed by atoms with Gasteiger partial charge in [0.1, 0.15) is 37.2 Å². The number of H-pyrrole nitrogens is 3. The molecule has 0 aliphatic carbocycles. The molecule has 3 heterocycles. The predicted octanol–water partition coefficient (Wildman–Crippen LogP) is 0.721. The summed E-state index contributed by atoms with van der Waals surface area (Å²) in [4.78, 5) is 35.3. The summed E-state index contributed by atoms with van der Waals surface area (Å²) in [7, 11) is 0.824. The first-order chi connectivity index (χ1) is 16.5. The third-order valence-electron chi connectivity index (χ3n) is 5.22. The van der Waals surface area contributed by atoms with E-state index in [9.17, 15) is 0 Å². The molecule has 3 N–H and O–H groups in total. The van der Waals surface area contributed by atoms with E-state index in [1.165, 1.54) is 75.3 Å². The monoisotopic (exact) mass is 512 g/mol. The highest BCUT2D eigenvalue weighted by Gasteiger charge is 2.05. The lowest BCUT2D eigenvalue weighted by atomic mass is 10.2. The number of aromatic amines is 3. The molecule has 0 aromatic carbocycles. The van der Waals surface area contributed by atoms with Crippen LogP contribution in [0, 0.1) is 0 Å². The van der Waals surface area contributed by atoms with E-state index in [0.717, 1.165) is 0 Å².